The van der Waals surface area contributed by atoms with E-state index >= 15 is 0 Å². The highest BCUT2D eigenvalue weighted by atomic mass is 79.9. The first-order chi connectivity index (χ1) is 12.9. The van der Waals surface area contributed by atoms with Crippen molar-refractivity contribution in [3.8, 4) is 11.5 Å². The number of nitrogens with one attached hydrogen (secondary N) is 1. The Morgan fingerprint density at radius 2 is 1.89 bits per heavy atom. The van der Waals surface area contributed by atoms with Gasteiger partial charge in [0.15, 0.2) is 11.5 Å². The molecule has 6 nitrogen and oxygen atoms in total. The third-order valence-electron chi connectivity index (χ3n) is 4.26. The van der Waals surface area contributed by atoms with Gasteiger partial charge in [-0.2, -0.15) is 5.10 Å². The lowest BCUT2D eigenvalue weighted by Crippen LogP contribution is -2.31. The molecular weight excluding hydrogens is 410 g/mol. The van der Waals surface area contributed by atoms with Gasteiger partial charge in [-0.3, -0.25) is 9.48 Å². The van der Waals surface area contributed by atoms with E-state index in [9.17, 15) is 4.79 Å². The largest absolute Gasteiger partial charge is 0.490 e. The van der Waals surface area contributed by atoms with Crippen LogP contribution in [0.15, 0.2) is 22.7 Å². The van der Waals surface area contributed by atoms with Gasteiger partial charge in [-0.15, -0.1) is 0 Å². The third kappa shape index (κ3) is 5.48. The lowest BCUT2D eigenvalue weighted by atomic mass is 10.1. The predicted octanol–water partition coefficient (Wildman–Crippen LogP) is 4.01. The molecule has 1 atom stereocenters. The summed E-state index contributed by atoms with van der Waals surface area (Å²) in [5.41, 5.74) is 2.93. The second-order valence-electron chi connectivity index (χ2n) is 6.43. The molecule has 1 N–H and O–H groups in total. The van der Waals surface area contributed by atoms with Gasteiger partial charge < -0.3 is 14.8 Å². The molecule has 0 saturated heterocycles. The highest BCUT2D eigenvalue weighted by Crippen LogP contribution is 2.28. The first-order valence-electron chi connectivity index (χ1n) is 9.23. The van der Waals surface area contributed by atoms with Crippen LogP contribution in [0, 0.1) is 19.8 Å². The number of benzene rings is 1. The van der Waals surface area contributed by atoms with E-state index in [1.54, 1.807) is 0 Å². The van der Waals surface area contributed by atoms with E-state index in [0.29, 0.717) is 32.1 Å². The number of ether oxygens (including phenoxy) is 2. The Bertz CT molecular complexity index is 789. The molecule has 1 aromatic carbocycles. The molecular formula is C20H28BrN3O3. The number of carbonyl (C=O) groups is 1. The van der Waals surface area contributed by atoms with E-state index in [1.807, 2.05) is 57.5 Å². The normalized spacial score (nSPS) is 11.9. The van der Waals surface area contributed by atoms with Crippen molar-refractivity contribution >= 4 is 21.8 Å². The number of nitrogens with zero attached hydrogens (tertiary/aromatic N) is 2. The molecule has 148 valence electrons. The van der Waals surface area contributed by atoms with Gasteiger partial charge in [0.1, 0.15) is 0 Å². The van der Waals surface area contributed by atoms with Gasteiger partial charge in [0.2, 0.25) is 5.91 Å². The number of aryl methyl sites for hydroxylation is 1. The Hall–Kier alpha value is -2.02. The van der Waals surface area contributed by atoms with E-state index in [4.69, 9.17) is 9.47 Å². The van der Waals surface area contributed by atoms with Gasteiger partial charge in [-0.1, -0.05) is 13.0 Å². The number of hydrogen-bond donors (Lipinski definition) is 1. The number of amides is 1. The standard InChI is InChI=1S/C20H28BrN3O3/c1-6-26-17-9-8-16(10-18(17)27-7-2)11-22-20(25)13(3)12-24-15(5)19(21)14(4)23-24/h8-10,13H,6-7,11-12H2,1-5H3,(H,22,25). The Balaban J connectivity index is 1.97. The monoisotopic (exact) mass is 437 g/mol. The second kappa shape index (κ2) is 9.78. The molecule has 0 saturated carbocycles. The first-order valence-corrected chi connectivity index (χ1v) is 10.0. The first kappa shape index (κ1) is 21.3. The van der Waals surface area contributed by atoms with Crippen LogP contribution in [0.4, 0.5) is 0 Å². The van der Waals surface area contributed by atoms with Crippen LogP contribution in [0.3, 0.4) is 0 Å². The summed E-state index contributed by atoms with van der Waals surface area (Å²) in [7, 11) is 0. The van der Waals surface area contributed by atoms with Gasteiger partial charge in [-0.05, 0) is 61.3 Å². The van der Waals surface area contributed by atoms with Crippen molar-refractivity contribution in [1.82, 2.24) is 15.1 Å². The van der Waals surface area contributed by atoms with Gasteiger partial charge in [0, 0.05) is 12.2 Å². The van der Waals surface area contributed by atoms with Crippen LogP contribution < -0.4 is 14.8 Å². The topological polar surface area (TPSA) is 65.4 Å². The van der Waals surface area contributed by atoms with Gasteiger partial charge >= 0.3 is 0 Å². The highest BCUT2D eigenvalue weighted by Gasteiger charge is 2.17. The average Bonchev–Trinajstić information content (AvgIpc) is 2.88. The van der Waals surface area contributed by atoms with Crippen molar-refractivity contribution in [2.24, 2.45) is 5.92 Å². The second-order valence-corrected chi connectivity index (χ2v) is 7.23. The maximum absolute atomic E-state index is 12.5. The van der Waals surface area contributed by atoms with Crippen LogP contribution in [0.2, 0.25) is 0 Å². The number of halogens is 1. The molecule has 0 aliphatic heterocycles. The van der Waals surface area contributed by atoms with Crippen molar-refractivity contribution in [3.05, 3.63) is 39.6 Å². The molecule has 0 spiro atoms. The van der Waals surface area contributed by atoms with Crippen molar-refractivity contribution in [1.29, 1.82) is 0 Å². The quantitative estimate of drug-likeness (QED) is 0.643. The van der Waals surface area contributed by atoms with Crippen molar-refractivity contribution in [2.75, 3.05) is 13.2 Å². The maximum atomic E-state index is 12.5. The Kier molecular flexibility index (Phi) is 7.71. The minimum Gasteiger partial charge on any atom is -0.490 e. The molecule has 1 amide bonds. The predicted molar refractivity (Wildman–Crippen MR) is 109 cm³/mol. The zero-order valence-corrected chi connectivity index (χ0v) is 18.2. The minimum atomic E-state index is -0.191. The third-order valence-corrected chi connectivity index (χ3v) is 5.41. The Morgan fingerprint density at radius 3 is 2.48 bits per heavy atom. The maximum Gasteiger partial charge on any atom is 0.224 e. The molecule has 0 radical (unpaired) electrons. The van der Waals surface area contributed by atoms with E-state index < -0.39 is 0 Å². The van der Waals surface area contributed by atoms with Crippen molar-refractivity contribution in [3.63, 3.8) is 0 Å². The zero-order valence-electron chi connectivity index (χ0n) is 16.6. The summed E-state index contributed by atoms with van der Waals surface area (Å²) in [6.45, 7) is 11.8. The van der Waals surface area contributed by atoms with Crippen molar-refractivity contribution < 1.29 is 14.3 Å². The molecule has 0 bridgehead atoms. The lowest BCUT2D eigenvalue weighted by molar-refractivity contribution is -0.125. The molecule has 1 heterocycles. The van der Waals surface area contributed by atoms with Gasteiger partial charge in [0.05, 0.1) is 35.8 Å². The zero-order chi connectivity index (χ0) is 20.0. The summed E-state index contributed by atoms with van der Waals surface area (Å²) in [5.74, 6) is 1.22. The molecule has 0 aliphatic rings. The van der Waals surface area contributed by atoms with E-state index in [-0.39, 0.29) is 11.8 Å². The number of hydrogen-bond acceptors (Lipinski definition) is 4. The van der Waals surface area contributed by atoms with Crippen LogP contribution in [0.5, 0.6) is 11.5 Å². The van der Waals surface area contributed by atoms with Crippen LogP contribution in [-0.4, -0.2) is 28.9 Å². The fraction of sp³-hybridized carbons (Fsp3) is 0.500. The van der Waals surface area contributed by atoms with E-state index in [1.165, 1.54) is 0 Å². The molecule has 2 rings (SSSR count). The molecule has 7 heteroatoms. The van der Waals surface area contributed by atoms with Crippen LogP contribution in [0.1, 0.15) is 37.7 Å². The van der Waals surface area contributed by atoms with Crippen molar-refractivity contribution in [2.45, 2.75) is 47.7 Å². The fourth-order valence-corrected chi connectivity index (χ4v) is 3.05. The van der Waals surface area contributed by atoms with Gasteiger partial charge in [0.25, 0.3) is 0 Å². The average molecular weight is 438 g/mol. The molecule has 2 aromatic rings. The summed E-state index contributed by atoms with van der Waals surface area (Å²) in [5, 5.41) is 7.46. The summed E-state index contributed by atoms with van der Waals surface area (Å²) < 4.78 is 14.1. The highest BCUT2D eigenvalue weighted by molar-refractivity contribution is 9.10. The minimum absolute atomic E-state index is 0.00878. The number of aromatic nitrogens is 2. The Morgan fingerprint density at radius 1 is 1.22 bits per heavy atom. The number of rotatable bonds is 9. The Labute approximate surface area is 169 Å². The summed E-state index contributed by atoms with van der Waals surface area (Å²) in [6.07, 6.45) is 0. The van der Waals surface area contributed by atoms with Gasteiger partial charge in [-0.25, -0.2) is 0 Å². The molecule has 1 unspecified atom stereocenters. The molecule has 1 aromatic heterocycles. The fourth-order valence-electron chi connectivity index (χ4n) is 2.76. The molecule has 0 fully saturated rings. The molecule has 27 heavy (non-hydrogen) atoms. The summed E-state index contributed by atoms with van der Waals surface area (Å²) in [6, 6.07) is 5.74. The SMILES string of the molecule is CCOc1ccc(CNC(=O)C(C)Cn2nc(C)c(Br)c2C)cc1OCC. The lowest BCUT2D eigenvalue weighted by Gasteiger charge is -2.15. The van der Waals surface area contributed by atoms with Crippen LogP contribution in [0.25, 0.3) is 0 Å². The summed E-state index contributed by atoms with van der Waals surface area (Å²) in [4.78, 5) is 12.5. The number of carbonyl (C=O) groups excluding carboxylic acids is 1. The van der Waals surface area contributed by atoms with E-state index in [0.717, 1.165) is 27.2 Å². The smallest absolute Gasteiger partial charge is 0.224 e. The van der Waals surface area contributed by atoms with Crippen LogP contribution >= 0.6 is 15.9 Å². The summed E-state index contributed by atoms with van der Waals surface area (Å²) >= 11 is 3.52. The van der Waals surface area contributed by atoms with E-state index in [2.05, 4.69) is 26.3 Å². The van der Waals surface area contributed by atoms with Crippen LogP contribution in [-0.2, 0) is 17.9 Å². The molecule has 0 aliphatic carbocycles.